The van der Waals surface area contributed by atoms with Gasteiger partial charge in [-0.3, -0.25) is 0 Å². The molecule has 172 valence electrons. The average Bonchev–Trinajstić information content (AvgIpc) is 3.15. The minimum absolute atomic E-state index is 0.477. The van der Waals surface area contributed by atoms with Crippen molar-refractivity contribution in [3.8, 4) is 16.9 Å². The Kier molecular flexibility index (Phi) is 6.37. The molecule has 0 fully saturated rings. The number of hydrogen-bond acceptors (Lipinski definition) is 7. The molecule has 0 aliphatic rings. The number of rotatable bonds is 8. The van der Waals surface area contributed by atoms with E-state index in [-0.39, 0.29) is 0 Å². The van der Waals surface area contributed by atoms with Gasteiger partial charge >= 0.3 is 0 Å². The third-order valence-electron chi connectivity index (χ3n) is 5.75. The molecule has 2 aromatic heterocycles. The molecule has 0 saturated carbocycles. The van der Waals surface area contributed by atoms with Gasteiger partial charge in [-0.1, -0.05) is 18.2 Å². The van der Waals surface area contributed by atoms with Crippen molar-refractivity contribution >= 4 is 33.9 Å². The standard InChI is InChI=1S/C25H31N7O/c1-30(2)10-11-31(3)23-13-24(33-5)21(12-20(23)26)29-25-27-14-17(15-28-25)19-16-32(4)22-9-7-6-8-18(19)22/h6-9,12-16H,10-11,26H2,1-5H3,(H,27,28,29). The molecule has 0 aliphatic heterocycles. The molecule has 0 spiro atoms. The summed E-state index contributed by atoms with van der Waals surface area (Å²) in [5.41, 5.74) is 11.9. The van der Waals surface area contributed by atoms with Crippen LogP contribution in [0.2, 0.25) is 0 Å². The van der Waals surface area contributed by atoms with Crippen molar-refractivity contribution in [3.63, 3.8) is 0 Å². The van der Waals surface area contributed by atoms with Crippen LogP contribution in [0.5, 0.6) is 5.75 Å². The number of aryl methyl sites for hydroxylation is 1. The van der Waals surface area contributed by atoms with Crippen molar-refractivity contribution in [1.29, 1.82) is 0 Å². The predicted octanol–water partition coefficient (Wildman–Crippen LogP) is 3.97. The van der Waals surface area contributed by atoms with Crippen LogP contribution in [-0.4, -0.2) is 60.8 Å². The Morgan fingerprint density at radius 3 is 2.48 bits per heavy atom. The first-order chi connectivity index (χ1) is 15.9. The lowest BCUT2D eigenvalue weighted by molar-refractivity contribution is 0.413. The van der Waals surface area contributed by atoms with E-state index in [1.165, 1.54) is 10.9 Å². The Hall–Kier alpha value is -3.78. The third kappa shape index (κ3) is 4.70. The fraction of sp³-hybridized carbons (Fsp3) is 0.280. The number of nitrogens with two attached hydrogens (primary N) is 1. The van der Waals surface area contributed by atoms with Crippen molar-refractivity contribution in [2.45, 2.75) is 0 Å². The molecule has 33 heavy (non-hydrogen) atoms. The summed E-state index contributed by atoms with van der Waals surface area (Å²) >= 11 is 0. The fourth-order valence-corrected chi connectivity index (χ4v) is 3.88. The molecule has 0 radical (unpaired) electrons. The Balaban J connectivity index is 1.57. The van der Waals surface area contributed by atoms with E-state index in [1.54, 1.807) is 7.11 Å². The van der Waals surface area contributed by atoms with E-state index >= 15 is 0 Å². The number of benzene rings is 2. The maximum absolute atomic E-state index is 6.37. The minimum atomic E-state index is 0.477. The van der Waals surface area contributed by atoms with Crippen LogP contribution in [0.25, 0.3) is 22.0 Å². The van der Waals surface area contributed by atoms with Gasteiger partial charge in [0.1, 0.15) is 5.75 Å². The molecule has 0 amide bonds. The maximum atomic E-state index is 6.37. The molecular formula is C25H31N7O. The van der Waals surface area contributed by atoms with Gasteiger partial charge in [-0.25, -0.2) is 9.97 Å². The molecule has 2 aromatic carbocycles. The van der Waals surface area contributed by atoms with Crippen molar-refractivity contribution in [2.24, 2.45) is 7.05 Å². The summed E-state index contributed by atoms with van der Waals surface area (Å²) in [4.78, 5) is 13.3. The second-order valence-electron chi connectivity index (χ2n) is 8.43. The molecule has 8 nitrogen and oxygen atoms in total. The SMILES string of the molecule is COc1cc(N(C)CCN(C)C)c(N)cc1Nc1ncc(-c2cn(C)c3ccccc23)cn1. The summed E-state index contributed by atoms with van der Waals surface area (Å²) in [6.07, 6.45) is 5.76. The lowest BCUT2D eigenvalue weighted by atomic mass is 10.1. The van der Waals surface area contributed by atoms with Crippen LogP contribution in [0, 0.1) is 0 Å². The van der Waals surface area contributed by atoms with Gasteiger partial charge in [0.25, 0.3) is 0 Å². The fourth-order valence-electron chi connectivity index (χ4n) is 3.88. The molecule has 3 N–H and O–H groups in total. The van der Waals surface area contributed by atoms with Crippen molar-refractivity contribution in [1.82, 2.24) is 19.4 Å². The number of hydrogen-bond donors (Lipinski definition) is 2. The number of anilines is 4. The molecule has 8 heteroatoms. The first-order valence-electron chi connectivity index (χ1n) is 10.8. The highest BCUT2D eigenvalue weighted by Crippen LogP contribution is 2.36. The second kappa shape index (κ2) is 9.38. The van der Waals surface area contributed by atoms with Crippen LogP contribution in [0.15, 0.2) is 55.0 Å². The zero-order chi connectivity index (χ0) is 23.5. The van der Waals surface area contributed by atoms with Crippen molar-refractivity contribution < 1.29 is 4.74 Å². The lowest BCUT2D eigenvalue weighted by Gasteiger charge is -2.24. The van der Waals surface area contributed by atoms with E-state index in [0.717, 1.165) is 35.6 Å². The topological polar surface area (TPSA) is 84.5 Å². The number of nitrogens with zero attached hydrogens (tertiary/aromatic N) is 5. The van der Waals surface area contributed by atoms with Gasteiger partial charge < -0.3 is 30.2 Å². The Morgan fingerprint density at radius 1 is 1.06 bits per heavy atom. The van der Waals surface area contributed by atoms with E-state index in [0.29, 0.717) is 17.4 Å². The number of methoxy groups -OCH3 is 1. The van der Waals surface area contributed by atoms with Crippen LogP contribution in [0.1, 0.15) is 0 Å². The normalized spacial score (nSPS) is 11.2. The van der Waals surface area contributed by atoms with Gasteiger partial charge in [-0.05, 0) is 26.2 Å². The molecule has 4 aromatic rings. The Morgan fingerprint density at radius 2 is 1.79 bits per heavy atom. The molecule has 2 heterocycles. The third-order valence-corrected chi connectivity index (χ3v) is 5.75. The van der Waals surface area contributed by atoms with Gasteiger partial charge in [-0.15, -0.1) is 0 Å². The number of nitrogen functional groups attached to an aromatic ring is 1. The Labute approximate surface area is 194 Å². The number of likely N-dealkylation sites (N-methyl/N-ethyl adjacent to an activating group) is 2. The summed E-state index contributed by atoms with van der Waals surface area (Å²) < 4.78 is 7.73. The van der Waals surface area contributed by atoms with Gasteiger partial charge in [0.05, 0.1) is 24.2 Å². The maximum Gasteiger partial charge on any atom is 0.227 e. The number of para-hydroxylation sites is 1. The second-order valence-corrected chi connectivity index (χ2v) is 8.43. The van der Waals surface area contributed by atoms with E-state index in [2.05, 4.69) is 62.1 Å². The van der Waals surface area contributed by atoms with Crippen molar-refractivity contribution in [2.75, 3.05) is 57.3 Å². The Bertz CT molecular complexity index is 1250. The highest BCUT2D eigenvalue weighted by molar-refractivity contribution is 5.95. The quantitative estimate of drug-likeness (QED) is 0.397. The zero-order valence-electron chi connectivity index (χ0n) is 19.8. The van der Waals surface area contributed by atoms with Crippen LogP contribution in [0.4, 0.5) is 23.0 Å². The van der Waals surface area contributed by atoms with Crippen LogP contribution in [-0.2, 0) is 7.05 Å². The number of aromatic nitrogens is 3. The predicted molar refractivity (Wildman–Crippen MR) is 136 cm³/mol. The molecule has 0 unspecified atom stereocenters. The summed E-state index contributed by atoms with van der Waals surface area (Å²) in [6, 6.07) is 12.1. The zero-order valence-corrected chi connectivity index (χ0v) is 19.8. The summed E-state index contributed by atoms with van der Waals surface area (Å²) in [5, 5.41) is 4.42. The number of fused-ring (bicyclic) bond motifs is 1. The van der Waals surface area contributed by atoms with Crippen molar-refractivity contribution in [3.05, 3.63) is 55.0 Å². The molecule has 0 saturated heterocycles. The molecule has 0 atom stereocenters. The lowest BCUT2D eigenvalue weighted by Crippen LogP contribution is -2.29. The summed E-state index contributed by atoms with van der Waals surface area (Å²) in [6.45, 7) is 1.78. The van der Waals surface area contributed by atoms with Gasteiger partial charge in [0, 0.05) is 73.9 Å². The summed E-state index contributed by atoms with van der Waals surface area (Å²) in [7, 11) is 9.81. The first-order valence-corrected chi connectivity index (χ1v) is 10.8. The average molecular weight is 446 g/mol. The highest BCUT2D eigenvalue weighted by atomic mass is 16.5. The summed E-state index contributed by atoms with van der Waals surface area (Å²) in [5.74, 6) is 1.16. The first kappa shape index (κ1) is 22.4. The minimum Gasteiger partial charge on any atom is -0.494 e. The van der Waals surface area contributed by atoms with Gasteiger partial charge in [0.2, 0.25) is 5.95 Å². The van der Waals surface area contributed by atoms with E-state index in [4.69, 9.17) is 10.5 Å². The van der Waals surface area contributed by atoms with E-state index in [1.807, 2.05) is 50.8 Å². The van der Waals surface area contributed by atoms with Crippen LogP contribution >= 0.6 is 0 Å². The van der Waals surface area contributed by atoms with Crippen LogP contribution in [0.3, 0.4) is 0 Å². The van der Waals surface area contributed by atoms with Gasteiger partial charge in [-0.2, -0.15) is 0 Å². The number of ether oxygens (including phenoxy) is 1. The van der Waals surface area contributed by atoms with Gasteiger partial charge in [0.15, 0.2) is 0 Å². The van der Waals surface area contributed by atoms with E-state index < -0.39 is 0 Å². The molecule has 0 bridgehead atoms. The molecule has 4 rings (SSSR count). The molecule has 0 aliphatic carbocycles. The molecular weight excluding hydrogens is 414 g/mol. The smallest absolute Gasteiger partial charge is 0.227 e. The highest BCUT2D eigenvalue weighted by Gasteiger charge is 2.14. The number of nitrogens with one attached hydrogen (secondary N) is 1. The van der Waals surface area contributed by atoms with Crippen LogP contribution < -0.4 is 20.7 Å². The monoisotopic (exact) mass is 445 g/mol. The largest absolute Gasteiger partial charge is 0.494 e. The van der Waals surface area contributed by atoms with E-state index in [9.17, 15) is 0 Å².